The Balaban J connectivity index is 1.64. The largest absolute Gasteiger partial charge is 0.383 e. The van der Waals surface area contributed by atoms with Crippen LogP contribution in [-0.2, 0) is 0 Å². The molecule has 3 nitrogen and oxygen atoms in total. The molecular formula is C16H21N3S. The van der Waals surface area contributed by atoms with E-state index in [1.54, 1.807) is 11.3 Å². The monoisotopic (exact) mass is 287 g/mol. The molecule has 0 saturated carbocycles. The van der Waals surface area contributed by atoms with Crippen molar-refractivity contribution in [2.45, 2.75) is 25.3 Å². The van der Waals surface area contributed by atoms with Crippen molar-refractivity contribution in [3.8, 4) is 10.6 Å². The number of hydrogen-bond acceptors (Lipinski definition) is 4. The summed E-state index contributed by atoms with van der Waals surface area (Å²) >= 11 is 1.68. The molecule has 1 atom stereocenters. The molecular weight excluding hydrogens is 266 g/mol. The Morgan fingerprint density at radius 3 is 3.15 bits per heavy atom. The first-order valence-electron chi connectivity index (χ1n) is 7.27. The van der Waals surface area contributed by atoms with E-state index in [0.717, 1.165) is 11.6 Å². The standard InChI is InChI=1S/C16H21N3S/c1-19-9-3-2-7-15(19)12-18-14-6-4-5-13(11-14)16-17-8-10-20-16/h4-6,8,10-11,15,18H,2-3,7,9,12H2,1H3. The van der Waals surface area contributed by atoms with Gasteiger partial charge in [0, 0.05) is 35.4 Å². The Hall–Kier alpha value is -1.39. The van der Waals surface area contributed by atoms with Gasteiger partial charge in [0.25, 0.3) is 0 Å². The van der Waals surface area contributed by atoms with E-state index in [2.05, 4.69) is 46.5 Å². The van der Waals surface area contributed by atoms with E-state index in [4.69, 9.17) is 0 Å². The first-order chi connectivity index (χ1) is 9.83. The van der Waals surface area contributed by atoms with Gasteiger partial charge in [0.05, 0.1) is 0 Å². The Kier molecular flexibility index (Phi) is 4.33. The van der Waals surface area contributed by atoms with Crippen molar-refractivity contribution in [2.75, 3.05) is 25.5 Å². The van der Waals surface area contributed by atoms with Crippen molar-refractivity contribution in [1.82, 2.24) is 9.88 Å². The molecule has 1 unspecified atom stereocenters. The summed E-state index contributed by atoms with van der Waals surface area (Å²) in [6, 6.07) is 9.22. The quantitative estimate of drug-likeness (QED) is 0.929. The number of hydrogen-bond donors (Lipinski definition) is 1. The summed E-state index contributed by atoms with van der Waals surface area (Å²) in [5.41, 5.74) is 2.39. The van der Waals surface area contributed by atoms with Crippen LogP contribution in [0.2, 0.25) is 0 Å². The molecule has 0 amide bonds. The van der Waals surface area contributed by atoms with Crippen molar-refractivity contribution >= 4 is 17.0 Å². The summed E-state index contributed by atoms with van der Waals surface area (Å²) in [5.74, 6) is 0. The van der Waals surface area contributed by atoms with Crippen LogP contribution in [0.3, 0.4) is 0 Å². The molecule has 3 rings (SSSR count). The molecule has 1 saturated heterocycles. The van der Waals surface area contributed by atoms with Crippen LogP contribution in [0.5, 0.6) is 0 Å². The third-order valence-corrected chi connectivity index (χ3v) is 4.83. The number of anilines is 1. The lowest BCUT2D eigenvalue weighted by Crippen LogP contribution is -2.40. The SMILES string of the molecule is CN1CCCCC1CNc1cccc(-c2nccs2)c1. The van der Waals surface area contributed by atoms with Gasteiger partial charge in [-0.3, -0.25) is 0 Å². The van der Waals surface area contributed by atoms with Crippen molar-refractivity contribution in [3.05, 3.63) is 35.8 Å². The van der Waals surface area contributed by atoms with Crippen LogP contribution < -0.4 is 5.32 Å². The lowest BCUT2D eigenvalue weighted by molar-refractivity contribution is 0.194. The van der Waals surface area contributed by atoms with Gasteiger partial charge in [0.15, 0.2) is 0 Å². The molecule has 4 heteroatoms. The number of aromatic nitrogens is 1. The Labute approximate surface area is 124 Å². The summed E-state index contributed by atoms with van der Waals surface area (Å²) in [6.07, 6.45) is 5.86. The van der Waals surface area contributed by atoms with E-state index in [1.807, 2.05) is 11.6 Å². The molecule has 0 aliphatic carbocycles. The second-order valence-electron chi connectivity index (χ2n) is 5.43. The summed E-state index contributed by atoms with van der Waals surface area (Å²) in [5, 5.41) is 6.69. The number of nitrogens with one attached hydrogen (secondary N) is 1. The number of thiazole rings is 1. The maximum atomic E-state index is 4.37. The third-order valence-electron chi connectivity index (χ3n) is 4.01. The molecule has 0 spiro atoms. The second kappa shape index (κ2) is 6.37. The average molecular weight is 287 g/mol. The van der Waals surface area contributed by atoms with Gasteiger partial charge in [0.1, 0.15) is 5.01 Å². The smallest absolute Gasteiger partial charge is 0.123 e. The highest BCUT2D eigenvalue weighted by Crippen LogP contribution is 2.24. The van der Waals surface area contributed by atoms with E-state index in [0.29, 0.717) is 6.04 Å². The van der Waals surface area contributed by atoms with Gasteiger partial charge in [0.2, 0.25) is 0 Å². The van der Waals surface area contributed by atoms with Gasteiger partial charge < -0.3 is 10.2 Å². The van der Waals surface area contributed by atoms with E-state index >= 15 is 0 Å². The maximum Gasteiger partial charge on any atom is 0.123 e. The fourth-order valence-electron chi connectivity index (χ4n) is 2.77. The number of likely N-dealkylation sites (tertiary alicyclic amines) is 1. The first kappa shape index (κ1) is 13.6. The van der Waals surface area contributed by atoms with Crippen LogP contribution in [0.4, 0.5) is 5.69 Å². The molecule has 106 valence electrons. The van der Waals surface area contributed by atoms with Gasteiger partial charge >= 0.3 is 0 Å². The third kappa shape index (κ3) is 3.19. The number of rotatable bonds is 4. The Bertz CT molecular complexity index is 538. The topological polar surface area (TPSA) is 28.2 Å². The van der Waals surface area contributed by atoms with Crippen molar-refractivity contribution in [1.29, 1.82) is 0 Å². The Morgan fingerprint density at radius 1 is 1.40 bits per heavy atom. The summed E-state index contributed by atoms with van der Waals surface area (Å²) in [6.45, 7) is 2.25. The molecule has 20 heavy (non-hydrogen) atoms. The predicted octanol–water partition coefficient (Wildman–Crippen LogP) is 3.71. The van der Waals surface area contributed by atoms with Crippen LogP contribution in [0.1, 0.15) is 19.3 Å². The lowest BCUT2D eigenvalue weighted by Gasteiger charge is -2.32. The maximum absolute atomic E-state index is 4.37. The van der Waals surface area contributed by atoms with E-state index in [1.165, 1.54) is 37.1 Å². The number of benzene rings is 1. The van der Waals surface area contributed by atoms with Crippen LogP contribution in [0, 0.1) is 0 Å². The first-order valence-corrected chi connectivity index (χ1v) is 8.15. The normalized spacial score (nSPS) is 19.9. The molecule has 0 radical (unpaired) electrons. The molecule has 0 bridgehead atoms. The van der Waals surface area contributed by atoms with Gasteiger partial charge in [-0.1, -0.05) is 18.6 Å². The molecule has 1 N–H and O–H groups in total. The average Bonchev–Trinajstić information content (AvgIpc) is 3.01. The minimum absolute atomic E-state index is 0.660. The Morgan fingerprint density at radius 2 is 2.35 bits per heavy atom. The minimum atomic E-state index is 0.660. The zero-order chi connectivity index (χ0) is 13.8. The van der Waals surface area contributed by atoms with Crippen molar-refractivity contribution in [2.24, 2.45) is 0 Å². The minimum Gasteiger partial charge on any atom is -0.383 e. The molecule has 1 fully saturated rings. The van der Waals surface area contributed by atoms with Gasteiger partial charge in [-0.25, -0.2) is 4.98 Å². The number of likely N-dealkylation sites (N-methyl/N-ethyl adjacent to an activating group) is 1. The van der Waals surface area contributed by atoms with Crippen molar-refractivity contribution < 1.29 is 0 Å². The summed E-state index contributed by atoms with van der Waals surface area (Å²) in [4.78, 5) is 6.85. The molecule has 1 aliphatic heterocycles. The predicted molar refractivity (Wildman–Crippen MR) is 86.3 cm³/mol. The van der Waals surface area contributed by atoms with E-state index < -0.39 is 0 Å². The van der Waals surface area contributed by atoms with Crippen LogP contribution >= 0.6 is 11.3 Å². The highest BCUT2D eigenvalue weighted by molar-refractivity contribution is 7.13. The molecule has 2 aromatic rings. The van der Waals surface area contributed by atoms with E-state index in [9.17, 15) is 0 Å². The lowest BCUT2D eigenvalue weighted by atomic mass is 10.0. The van der Waals surface area contributed by atoms with Crippen molar-refractivity contribution in [3.63, 3.8) is 0 Å². The molecule has 1 aliphatic rings. The zero-order valence-corrected chi connectivity index (χ0v) is 12.7. The fraction of sp³-hybridized carbons (Fsp3) is 0.438. The van der Waals surface area contributed by atoms with Crippen LogP contribution in [-0.4, -0.2) is 36.1 Å². The van der Waals surface area contributed by atoms with Crippen LogP contribution in [0.25, 0.3) is 10.6 Å². The van der Waals surface area contributed by atoms with Gasteiger partial charge in [-0.2, -0.15) is 0 Å². The highest BCUT2D eigenvalue weighted by Gasteiger charge is 2.18. The molecule has 1 aromatic heterocycles. The molecule has 1 aromatic carbocycles. The van der Waals surface area contributed by atoms with Crippen LogP contribution in [0.15, 0.2) is 35.8 Å². The summed E-state index contributed by atoms with van der Waals surface area (Å²) < 4.78 is 0. The zero-order valence-electron chi connectivity index (χ0n) is 11.9. The fourth-order valence-corrected chi connectivity index (χ4v) is 3.40. The number of nitrogens with zero attached hydrogens (tertiary/aromatic N) is 2. The summed E-state index contributed by atoms with van der Waals surface area (Å²) in [7, 11) is 2.23. The second-order valence-corrected chi connectivity index (χ2v) is 6.32. The van der Waals surface area contributed by atoms with Gasteiger partial charge in [-0.15, -0.1) is 11.3 Å². The van der Waals surface area contributed by atoms with Gasteiger partial charge in [-0.05, 0) is 38.6 Å². The molecule has 2 heterocycles. The number of piperidine rings is 1. The van der Waals surface area contributed by atoms with E-state index in [-0.39, 0.29) is 0 Å². The highest BCUT2D eigenvalue weighted by atomic mass is 32.1.